The minimum Gasteiger partial charge on any atom is -0.396 e. The van der Waals surface area contributed by atoms with Gasteiger partial charge in [0.1, 0.15) is 5.82 Å². The van der Waals surface area contributed by atoms with Crippen molar-refractivity contribution in [2.75, 3.05) is 11.1 Å². The highest BCUT2D eigenvalue weighted by molar-refractivity contribution is 5.56. The Morgan fingerprint density at radius 1 is 1.29 bits per heavy atom. The molecule has 0 amide bonds. The fourth-order valence-electron chi connectivity index (χ4n) is 1.21. The molecule has 5 nitrogen and oxygen atoms in total. The van der Waals surface area contributed by atoms with Crippen LogP contribution in [-0.2, 0) is 0 Å². The number of nitrogens with two attached hydrogens (primary N) is 1. The lowest BCUT2D eigenvalue weighted by Gasteiger charge is -2.05. The van der Waals surface area contributed by atoms with E-state index in [4.69, 9.17) is 11.0 Å². The lowest BCUT2D eigenvalue weighted by atomic mass is 10.2. The van der Waals surface area contributed by atoms with Gasteiger partial charge in [0.25, 0.3) is 0 Å². The molecule has 0 fully saturated rings. The van der Waals surface area contributed by atoms with E-state index in [-0.39, 0.29) is 17.2 Å². The molecule has 0 unspecified atom stereocenters. The summed E-state index contributed by atoms with van der Waals surface area (Å²) in [4.78, 5) is 7.76. The van der Waals surface area contributed by atoms with Crippen molar-refractivity contribution in [1.82, 2.24) is 9.97 Å². The quantitative estimate of drug-likeness (QED) is 0.819. The molecule has 0 saturated carbocycles. The molecule has 6 heteroatoms. The average molecular weight is 229 g/mol. The van der Waals surface area contributed by atoms with Gasteiger partial charge in [-0.15, -0.1) is 0 Å². The Bertz CT molecular complexity index is 573. The van der Waals surface area contributed by atoms with Gasteiger partial charge < -0.3 is 11.1 Å². The van der Waals surface area contributed by atoms with Crippen LogP contribution in [-0.4, -0.2) is 9.97 Å². The SMILES string of the molecule is N#Cc1ccc(Nc2ncc(N)cn2)c(F)c1. The molecule has 0 aliphatic carbocycles. The van der Waals surface area contributed by atoms with E-state index >= 15 is 0 Å². The van der Waals surface area contributed by atoms with Crippen LogP contribution in [0.1, 0.15) is 5.56 Å². The van der Waals surface area contributed by atoms with Crippen LogP contribution >= 0.6 is 0 Å². The summed E-state index contributed by atoms with van der Waals surface area (Å²) in [6.45, 7) is 0. The van der Waals surface area contributed by atoms with Crippen molar-refractivity contribution in [3.63, 3.8) is 0 Å². The van der Waals surface area contributed by atoms with E-state index in [9.17, 15) is 4.39 Å². The lowest BCUT2D eigenvalue weighted by molar-refractivity contribution is 0.631. The van der Waals surface area contributed by atoms with E-state index < -0.39 is 5.82 Å². The molecular weight excluding hydrogens is 221 g/mol. The minimum atomic E-state index is -0.538. The zero-order valence-corrected chi connectivity index (χ0v) is 8.68. The number of nitrogens with zero attached hydrogens (tertiary/aromatic N) is 3. The van der Waals surface area contributed by atoms with Crippen LogP contribution in [0.3, 0.4) is 0 Å². The first-order valence-electron chi connectivity index (χ1n) is 4.73. The van der Waals surface area contributed by atoms with Gasteiger partial charge in [0.2, 0.25) is 5.95 Å². The third kappa shape index (κ3) is 2.46. The zero-order chi connectivity index (χ0) is 12.3. The number of aromatic nitrogens is 2. The number of nitrogens with one attached hydrogen (secondary N) is 1. The Labute approximate surface area is 96.7 Å². The third-order valence-corrected chi connectivity index (χ3v) is 2.02. The summed E-state index contributed by atoms with van der Waals surface area (Å²) < 4.78 is 13.5. The van der Waals surface area contributed by atoms with Gasteiger partial charge in [-0.25, -0.2) is 14.4 Å². The van der Waals surface area contributed by atoms with Gasteiger partial charge >= 0.3 is 0 Å². The van der Waals surface area contributed by atoms with Crippen LogP contribution in [0.2, 0.25) is 0 Å². The standard InChI is InChI=1S/C11H8FN5/c12-9-3-7(4-13)1-2-10(9)17-11-15-5-8(14)6-16-11/h1-3,5-6H,14H2,(H,15,16,17). The highest BCUT2D eigenvalue weighted by Crippen LogP contribution is 2.18. The molecule has 84 valence electrons. The van der Waals surface area contributed by atoms with Gasteiger partial charge in [0.15, 0.2) is 0 Å². The third-order valence-electron chi connectivity index (χ3n) is 2.02. The van der Waals surface area contributed by atoms with Crippen molar-refractivity contribution >= 4 is 17.3 Å². The van der Waals surface area contributed by atoms with Gasteiger partial charge in [0.05, 0.1) is 35.4 Å². The van der Waals surface area contributed by atoms with Gasteiger partial charge in [0, 0.05) is 0 Å². The Hall–Kier alpha value is -2.68. The summed E-state index contributed by atoms with van der Waals surface area (Å²) in [5.74, 6) is -0.299. The predicted molar refractivity (Wildman–Crippen MR) is 60.8 cm³/mol. The number of hydrogen-bond acceptors (Lipinski definition) is 5. The smallest absolute Gasteiger partial charge is 0.227 e. The molecule has 0 spiro atoms. The molecule has 0 saturated heterocycles. The second-order valence-corrected chi connectivity index (χ2v) is 3.27. The molecule has 3 N–H and O–H groups in total. The molecular formula is C11H8FN5. The van der Waals surface area contributed by atoms with Crippen LogP contribution in [0.4, 0.5) is 21.7 Å². The minimum absolute atomic E-state index is 0.203. The number of halogens is 1. The molecule has 0 radical (unpaired) electrons. The fourth-order valence-corrected chi connectivity index (χ4v) is 1.21. The van der Waals surface area contributed by atoms with Gasteiger partial charge in [-0.2, -0.15) is 5.26 Å². The van der Waals surface area contributed by atoms with E-state index in [0.717, 1.165) is 6.07 Å². The highest BCUT2D eigenvalue weighted by atomic mass is 19.1. The average Bonchev–Trinajstić information content (AvgIpc) is 2.34. The summed E-state index contributed by atoms with van der Waals surface area (Å²) in [6.07, 6.45) is 2.83. The van der Waals surface area contributed by atoms with Gasteiger partial charge in [-0.3, -0.25) is 0 Å². The molecule has 1 heterocycles. The van der Waals surface area contributed by atoms with Crippen LogP contribution in [0.25, 0.3) is 0 Å². The molecule has 1 aromatic heterocycles. The van der Waals surface area contributed by atoms with Crippen LogP contribution in [0, 0.1) is 17.1 Å². The zero-order valence-electron chi connectivity index (χ0n) is 8.68. The summed E-state index contributed by atoms with van der Waals surface area (Å²) in [5.41, 5.74) is 6.31. The summed E-state index contributed by atoms with van der Waals surface area (Å²) in [6, 6.07) is 5.94. The topological polar surface area (TPSA) is 87.6 Å². The van der Waals surface area contributed by atoms with Crippen molar-refractivity contribution in [3.05, 3.63) is 42.0 Å². The molecule has 0 bridgehead atoms. The van der Waals surface area contributed by atoms with E-state index in [0.29, 0.717) is 5.69 Å². The first-order chi connectivity index (χ1) is 8.19. The molecule has 2 rings (SSSR count). The number of hydrogen-bond donors (Lipinski definition) is 2. The highest BCUT2D eigenvalue weighted by Gasteiger charge is 2.05. The fraction of sp³-hybridized carbons (Fsp3) is 0. The van der Waals surface area contributed by atoms with E-state index in [2.05, 4.69) is 15.3 Å². The predicted octanol–water partition coefficient (Wildman–Crippen LogP) is 1.81. The first kappa shape index (κ1) is 10.8. The number of nitrogen functional groups attached to an aromatic ring is 1. The van der Waals surface area contributed by atoms with E-state index in [1.807, 2.05) is 6.07 Å². The van der Waals surface area contributed by atoms with Crippen LogP contribution in [0.5, 0.6) is 0 Å². The Morgan fingerprint density at radius 2 is 2.00 bits per heavy atom. The normalized spacial score (nSPS) is 9.65. The molecule has 0 aliphatic heterocycles. The summed E-state index contributed by atoms with van der Waals surface area (Å²) in [7, 11) is 0. The maximum atomic E-state index is 13.5. The summed E-state index contributed by atoms with van der Waals surface area (Å²) in [5, 5.41) is 11.3. The molecule has 2 aromatic rings. The monoisotopic (exact) mass is 229 g/mol. The number of rotatable bonds is 2. The Morgan fingerprint density at radius 3 is 2.59 bits per heavy atom. The number of anilines is 3. The van der Waals surface area contributed by atoms with E-state index in [1.165, 1.54) is 24.5 Å². The van der Waals surface area contributed by atoms with Gasteiger partial charge in [-0.05, 0) is 18.2 Å². The van der Waals surface area contributed by atoms with Crippen LogP contribution < -0.4 is 11.1 Å². The van der Waals surface area contributed by atoms with Crippen molar-refractivity contribution in [2.45, 2.75) is 0 Å². The maximum absolute atomic E-state index is 13.5. The Kier molecular flexibility index (Phi) is 2.83. The molecule has 17 heavy (non-hydrogen) atoms. The van der Waals surface area contributed by atoms with Crippen molar-refractivity contribution < 1.29 is 4.39 Å². The molecule has 1 aromatic carbocycles. The second kappa shape index (κ2) is 4.45. The van der Waals surface area contributed by atoms with Gasteiger partial charge in [-0.1, -0.05) is 0 Å². The maximum Gasteiger partial charge on any atom is 0.227 e. The largest absolute Gasteiger partial charge is 0.396 e. The lowest BCUT2D eigenvalue weighted by Crippen LogP contribution is -2.00. The number of nitriles is 1. The first-order valence-corrected chi connectivity index (χ1v) is 4.73. The van der Waals surface area contributed by atoms with Crippen molar-refractivity contribution in [2.24, 2.45) is 0 Å². The molecule has 0 aliphatic rings. The molecule has 0 atom stereocenters. The van der Waals surface area contributed by atoms with Crippen LogP contribution in [0.15, 0.2) is 30.6 Å². The van der Waals surface area contributed by atoms with Crippen molar-refractivity contribution in [1.29, 1.82) is 5.26 Å². The Balaban J connectivity index is 2.25. The summed E-state index contributed by atoms with van der Waals surface area (Å²) >= 11 is 0. The van der Waals surface area contributed by atoms with E-state index in [1.54, 1.807) is 0 Å². The number of benzene rings is 1. The second-order valence-electron chi connectivity index (χ2n) is 3.27. The van der Waals surface area contributed by atoms with Crippen molar-refractivity contribution in [3.8, 4) is 6.07 Å².